The van der Waals surface area contributed by atoms with Crippen molar-refractivity contribution in [2.45, 2.75) is 50.0 Å². The van der Waals surface area contributed by atoms with E-state index in [9.17, 15) is 12.8 Å². The lowest BCUT2D eigenvalue weighted by atomic mass is 9.98. The number of halogens is 1. The summed E-state index contributed by atoms with van der Waals surface area (Å²) in [6.45, 7) is 3.56. The summed E-state index contributed by atoms with van der Waals surface area (Å²) in [5, 5.41) is 0. The fourth-order valence-corrected chi connectivity index (χ4v) is 5.35. The molecule has 1 aliphatic carbocycles. The summed E-state index contributed by atoms with van der Waals surface area (Å²) in [5.41, 5.74) is 6.24. The number of likely N-dealkylation sites (N-methyl/N-ethyl adjacent to an activating group) is 1. The van der Waals surface area contributed by atoms with Gasteiger partial charge in [0.05, 0.1) is 4.90 Å². The van der Waals surface area contributed by atoms with E-state index < -0.39 is 21.4 Å². The van der Waals surface area contributed by atoms with Gasteiger partial charge in [-0.2, -0.15) is 4.31 Å². The second-order valence-corrected chi connectivity index (χ2v) is 7.88. The van der Waals surface area contributed by atoms with Crippen LogP contribution < -0.4 is 5.73 Å². The van der Waals surface area contributed by atoms with Crippen LogP contribution in [0.3, 0.4) is 0 Å². The quantitative estimate of drug-likeness (QED) is 0.928. The van der Waals surface area contributed by atoms with E-state index >= 15 is 0 Å². The predicted octanol–water partition coefficient (Wildman–Crippen LogP) is 2.33. The van der Waals surface area contributed by atoms with Crippen LogP contribution in [0.25, 0.3) is 0 Å². The Labute approximate surface area is 126 Å². The maximum Gasteiger partial charge on any atom is 0.243 e. The van der Waals surface area contributed by atoms with Crippen molar-refractivity contribution in [3.63, 3.8) is 0 Å². The number of aryl methyl sites for hydroxylation is 2. The number of nitrogens with zero attached hydrogens (tertiary/aromatic N) is 1. The molecule has 1 aromatic carbocycles. The summed E-state index contributed by atoms with van der Waals surface area (Å²) < 4.78 is 40.8. The molecule has 0 aliphatic heterocycles. The second kappa shape index (κ2) is 5.66. The molecule has 2 rings (SSSR count). The molecule has 1 saturated carbocycles. The van der Waals surface area contributed by atoms with E-state index in [0.29, 0.717) is 17.7 Å². The van der Waals surface area contributed by atoms with Crippen LogP contribution in [0.2, 0.25) is 0 Å². The minimum atomic E-state index is -3.68. The lowest BCUT2D eigenvalue weighted by Gasteiger charge is -2.37. The molecule has 0 aromatic heterocycles. The highest BCUT2D eigenvalue weighted by Crippen LogP contribution is 2.38. The van der Waals surface area contributed by atoms with E-state index in [4.69, 9.17) is 5.73 Å². The van der Waals surface area contributed by atoms with Gasteiger partial charge in [-0.3, -0.25) is 0 Å². The molecule has 0 heterocycles. The first-order valence-electron chi connectivity index (χ1n) is 7.20. The van der Waals surface area contributed by atoms with Gasteiger partial charge in [0.2, 0.25) is 10.0 Å². The van der Waals surface area contributed by atoms with Gasteiger partial charge in [0.1, 0.15) is 5.82 Å². The topological polar surface area (TPSA) is 63.4 Å². The number of benzene rings is 1. The van der Waals surface area contributed by atoms with Crippen molar-refractivity contribution >= 4 is 10.0 Å². The normalized spacial score (nSPS) is 18.4. The molecule has 0 spiro atoms. The standard InChI is InChI=1S/C15H23FN2O2S/c1-11-8-13(16)9-12(2)14(11)21(19,20)18(3)15(10-17)6-4-5-7-15/h8-9H,4-7,10,17H2,1-3H3. The highest BCUT2D eigenvalue weighted by Gasteiger charge is 2.43. The van der Waals surface area contributed by atoms with Gasteiger partial charge in [0.25, 0.3) is 0 Å². The van der Waals surface area contributed by atoms with Crippen molar-refractivity contribution in [2.24, 2.45) is 5.73 Å². The number of hydrogen-bond acceptors (Lipinski definition) is 3. The highest BCUT2D eigenvalue weighted by atomic mass is 32.2. The third kappa shape index (κ3) is 2.72. The smallest absolute Gasteiger partial charge is 0.243 e. The Morgan fingerprint density at radius 3 is 2.14 bits per heavy atom. The number of nitrogens with two attached hydrogens (primary N) is 1. The summed E-state index contributed by atoms with van der Waals surface area (Å²) >= 11 is 0. The molecule has 1 fully saturated rings. The van der Waals surface area contributed by atoms with Crippen molar-refractivity contribution in [1.29, 1.82) is 0 Å². The van der Waals surface area contributed by atoms with E-state index in [1.165, 1.54) is 16.4 Å². The van der Waals surface area contributed by atoms with Gasteiger partial charge in [0, 0.05) is 19.1 Å². The van der Waals surface area contributed by atoms with Gasteiger partial charge < -0.3 is 5.73 Å². The van der Waals surface area contributed by atoms with Crippen LogP contribution in [0.5, 0.6) is 0 Å². The van der Waals surface area contributed by atoms with Crippen LogP contribution in [0, 0.1) is 19.7 Å². The van der Waals surface area contributed by atoms with E-state index in [1.807, 2.05) is 0 Å². The Morgan fingerprint density at radius 1 is 1.24 bits per heavy atom. The van der Waals surface area contributed by atoms with E-state index in [0.717, 1.165) is 25.7 Å². The fourth-order valence-electron chi connectivity index (χ4n) is 3.38. The van der Waals surface area contributed by atoms with Gasteiger partial charge >= 0.3 is 0 Å². The van der Waals surface area contributed by atoms with Crippen LogP contribution >= 0.6 is 0 Å². The Morgan fingerprint density at radius 2 is 1.71 bits per heavy atom. The lowest BCUT2D eigenvalue weighted by molar-refractivity contribution is 0.230. The Hall–Kier alpha value is -0.980. The monoisotopic (exact) mass is 314 g/mol. The van der Waals surface area contributed by atoms with Gasteiger partial charge in [-0.1, -0.05) is 12.8 Å². The first-order valence-corrected chi connectivity index (χ1v) is 8.64. The molecule has 0 bridgehead atoms. The van der Waals surface area contributed by atoms with Crippen molar-refractivity contribution in [1.82, 2.24) is 4.31 Å². The third-order valence-electron chi connectivity index (χ3n) is 4.63. The van der Waals surface area contributed by atoms with Gasteiger partial charge in [-0.15, -0.1) is 0 Å². The molecule has 6 heteroatoms. The van der Waals surface area contributed by atoms with E-state index in [2.05, 4.69) is 0 Å². The molecule has 1 aromatic rings. The van der Waals surface area contributed by atoms with Crippen molar-refractivity contribution < 1.29 is 12.8 Å². The predicted molar refractivity (Wildman–Crippen MR) is 81.1 cm³/mol. The third-order valence-corrected chi connectivity index (χ3v) is 6.89. The van der Waals surface area contributed by atoms with Crippen LogP contribution in [0.4, 0.5) is 4.39 Å². The van der Waals surface area contributed by atoms with Crippen molar-refractivity contribution in [2.75, 3.05) is 13.6 Å². The van der Waals surface area contributed by atoms with Crippen molar-refractivity contribution in [3.05, 3.63) is 29.1 Å². The molecule has 0 radical (unpaired) electrons. The second-order valence-electron chi connectivity index (χ2n) is 5.98. The van der Waals surface area contributed by atoms with E-state index in [-0.39, 0.29) is 4.90 Å². The zero-order valence-corrected chi connectivity index (χ0v) is 13.6. The van der Waals surface area contributed by atoms with Crippen LogP contribution in [-0.2, 0) is 10.0 Å². The first kappa shape index (κ1) is 16.4. The van der Waals surface area contributed by atoms with Crippen LogP contribution in [-0.4, -0.2) is 31.9 Å². The molecule has 21 heavy (non-hydrogen) atoms. The van der Waals surface area contributed by atoms with Crippen molar-refractivity contribution in [3.8, 4) is 0 Å². The number of sulfonamides is 1. The summed E-state index contributed by atoms with van der Waals surface area (Å²) in [7, 11) is -2.09. The zero-order chi connectivity index (χ0) is 15.8. The molecule has 4 nitrogen and oxygen atoms in total. The minimum Gasteiger partial charge on any atom is -0.329 e. The summed E-state index contributed by atoms with van der Waals surface area (Å²) in [6, 6.07) is 2.52. The molecule has 0 saturated heterocycles. The largest absolute Gasteiger partial charge is 0.329 e. The molecule has 118 valence electrons. The molecular formula is C15H23FN2O2S. The zero-order valence-electron chi connectivity index (χ0n) is 12.8. The van der Waals surface area contributed by atoms with Gasteiger partial charge in [-0.25, -0.2) is 12.8 Å². The van der Waals surface area contributed by atoms with Gasteiger partial charge in [0.15, 0.2) is 0 Å². The summed E-state index contributed by atoms with van der Waals surface area (Å²) in [6.07, 6.45) is 3.52. The SMILES string of the molecule is Cc1cc(F)cc(C)c1S(=O)(=O)N(C)C1(CN)CCCC1. The Balaban J connectivity index is 2.52. The minimum absolute atomic E-state index is 0.200. The van der Waals surface area contributed by atoms with Crippen LogP contribution in [0.15, 0.2) is 17.0 Å². The first-order chi connectivity index (χ1) is 9.74. The fraction of sp³-hybridized carbons (Fsp3) is 0.600. The summed E-state index contributed by atoms with van der Waals surface area (Å²) in [4.78, 5) is 0.200. The molecule has 0 unspecified atom stereocenters. The Kier molecular flexibility index (Phi) is 4.42. The molecular weight excluding hydrogens is 291 g/mol. The highest BCUT2D eigenvalue weighted by molar-refractivity contribution is 7.89. The lowest BCUT2D eigenvalue weighted by Crippen LogP contribution is -2.52. The molecule has 0 atom stereocenters. The molecule has 2 N–H and O–H groups in total. The number of rotatable bonds is 4. The molecule has 0 amide bonds. The average Bonchev–Trinajstić information content (AvgIpc) is 2.85. The maximum absolute atomic E-state index is 13.4. The van der Waals surface area contributed by atoms with E-state index in [1.54, 1.807) is 20.9 Å². The average molecular weight is 314 g/mol. The van der Waals surface area contributed by atoms with Crippen LogP contribution in [0.1, 0.15) is 36.8 Å². The van der Waals surface area contributed by atoms with Gasteiger partial charge in [-0.05, 0) is 49.9 Å². The maximum atomic E-state index is 13.4. The Bertz CT molecular complexity index is 614. The summed E-state index contributed by atoms with van der Waals surface area (Å²) in [5.74, 6) is -0.416. The number of hydrogen-bond donors (Lipinski definition) is 1. The molecule has 1 aliphatic rings.